The minimum absolute atomic E-state index is 0.0252. The zero-order valence-corrected chi connectivity index (χ0v) is 26.3. The fourth-order valence-electron chi connectivity index (χ4n) is 10.5. The van der Waals surface area contributed by atoms with Gasteiger partial charge in [0, 0.05) is 0 Å². The summed E-state index contributed by atoms with van der Waals surface area (Å²) >= 11 is 0. The highest BCUT2D eigenvalue weighted by Gasteiger charge is 2.60. The summed E-state index contributed by atoms with van der Waals surface area (Å²) < 4.78 is 11.7. The molecule has 226 valence electrons. The van der Waals surface area contributed by atoms with Gasteiger partial charge in [-0.05, 0) is 130 Å². The molecule has 0 radical (unpaired) electrons. The normalized spacial score (nSPS) is 38.8. The molecule has 4 aliphatic rings. The van der Waals surface area contributed by atoms with Gasteiger partial charge in [0.1, 0.15) is 29.3 Å². The summed E-state index contributed by atoms with van der Waals surface area (Å²) in [5, 5.41) is 8.98. The van der Waals surface area contributed by atoms with Gasteiger partial charge in [-0.15, -0.1) is 0 Å². The fraction of sp³-hybridized carbons (Fsp3) is 0.857. The number of ether oxygens (including phenoxy) is 1. The van der Waals surface area contributed by atoms with Crippen molar-refractivity contribution in [3.63, 3.8) is 0 Å². The second-order valence-electron chi connectivity index (χ2n) is 15.4. The van der Waals surface area contributed by atoms with Gasteiger partial charge in [0.15, 0.2) is 0 Å². The van der Waals surface area contributed by atoms with Crippen LogP contribution in [0.2, 0.25) is 0 Å². The average Bonchev–Trinajstić information content (AvgIpc) is 3.48. The molecule has 1 aromatic heterocycles. The van der Waals surface area contributed by atoms with Gasteiger partial charge in [-0.2, -0.15) is 0 Å². The maximum Gasteiger partial charge on any atom is 0.341 e. The lowest BCUT2D eigenvalue weighted by molar-refractivity contribution is -0.280. The molecule has 4 aliphatic carbocycles. The molecule has 0 saturated heterocycles. The monoisotopic (exact) mass is 556 g/mol. The van der Waals surface area contributed by atoms with Crippen LogP contribution in [0.5, 0.6) is 0 Å². The Morgan fingerprint density at radius 2 is 1.73 bits per heavy atom. The topological polar surface area (TPSA) is 68.9 Å². The number of hydrogen-bond donors (Lipinski definition) is 1. The first-order valence-electron chi connectivity index (χ1n) is 16.6. The lowest BCUT2D eigenvalue weighted by Gasteiger charge is -2.61. The van der Waals surface area contributed by atoms with E-state index in [-0.39, 0.29) is 12.1 Å². The lowest BCUT2D eigenvalue weighted by Crippen LogP contribution is -2.54. The van der Waals surface area contributed by atoms with Crippen molar-refractivity contribution in [2.45, 2.75) is 138 Å². The number of furan rings is 1. The van der Waals surface area contributed by atoms with Gasteiger partial charge in [-0.3, -0.25) is 5.26 Å². The molecule has 5 nitrogen and oxygen atoms in total. The van der Waals surface area contributed by atoms with Crippen molar-refractivity contribution in [1.82, 2.24) is 0 Å². The first-order valence-corrected chi connectivity index (χ1v) is 16.6. The number of aryl methyl sites for hydroxylation is 1. The van der Waals surface area contributed by atoms with Crippen LogP contribution in [0.25, 0.3) is 0 Å². The molecular formula is C35H56O5. The molecular weight excluding hydrogens is 500 g/mol. The van der Waals surface area contributed by atoms with Gasteiger partial charge in [-0.1, -0.05) is 53.9 Å². The van der Waals surface area contributed by atoms with Gasteiger partial charge in [-0.25, -0.2) is 9.68 Å². The van der Waals surface area contributed by atoms with E-state index in [4.69, 9.17) is 14.4 Å². The van der Waals surface area contributed by atoms with Gasteiger partial charge >= 0.3 is 5.97 Å². The van der Waals surface area contributed by atoms with Gasteiger partial charge in [0.25, 0.3) is 0 Å². The number of rotatable bonds is 9. The SMILES string of the molecule is Cc1oc(C(C)OO)cc1C(=O)O[C@H]1CC[C@@]2(C)[C@@H](CC[C@@H]3[C@@H]2CC[C@]2(C)[C@@H]([C@H](C)CCCC(C)C)CC[C@@H]32)C1. The molecule has 10 atom stereocenters. The van der Waals surface area contributed by atoms with Gasteiger partial charge < -0.3 is 9.15 Å². The quantitative estimate of drug-likeness (QED) is 0.186. The van der Waals surface area contributed by atoms with Gasteiger partial charge in [0.05, 0.1) is 0 Å². The lowest BCUT2D eigenvalue weighted by atomic mass is 9.44. The molecule has 0 amide bonds. The summed E-state index contributed by atoms with van der Waals surface area (Å²) in [6, 6.07) is 1.65. The van der Waals surface area contributed by atoms with Crippen molar-refractivity contribution in [1.29, 1.82) is 0 Å². The van der Waals surface area contributed by atoms with Crippen molar-refractivity contribution in [3.8, 4) is 0 Å². The molecule has 1 N–H and O–H groups in total. The molecule has 1 heterocycles. The van der Waals surface area contributed by atoms with E-state index >= 15 is 0 Å². The van der Waals surface area contributed by atoms with Crippen LogP contribution in [0.4, 0.5) is 0 Å². The highest BCUT2D eigenvalue weighted by molar-refractivity contribution is 5.90. The fourth-order valence-corrected chi connectivity index (χ4v) is 10.5. The van der Waals surface area contributed by atoms with Crippen LogP contribution >= 0.6 is 0 Å². The Bertz CT molecular complexity index is 1030. The van der Waals surface area contributed by atoms with Crippen LogP contribution < -0.4 is 0 Å². The van der Waals surface area contributed by atoms with E-state index in [1.165, 1.54) is 64.2 Å². The summed E-state index contributed by atoms with van der Waals surface area (Å²) in [4.78, 5) is 17.5. The highest BCUT2D eigenvalue weighted by Crippen LogP contribution is 2.68. The van der Waals surface area contributed by atoms with Crippen LogP contribution in [0.1, 0.15) is 147 Å². The number of carbonyl (C=O) groups excluding carboxylic acids is 1. The largest absolute Gasteiger partial charge is 0.463 e. The van der Waals surface area contributed by atoms with Crippen molar-refractivity contribution in [2.24, 2.45) is 52.3 Å². The molecule has 5 heteroatoms. The smallest absolute Gasteiger partial charge is 0.341 e. The summed E-state index contributed by atoms with van der Waals surface area (Å²) in [6.07, 6.45) is 15.0. The third-order valence-corrected chi connectivity index (χ3v) is 12.8. The number of carbonyl (C=O) groups is 1. The minimum Gasteiger partial charge on any atom is -0.463 e. The van der Waals surface area contributed by atoms with Crippen LogP contribution in [0.3, 0.4) is 0 Å². The van der Waals surface area contributed by atoms with Crippen molar-refractivity contribution < 1.29 is 24.1 Å². The molecule has 40 heavy (non-hydrogen) atoms. The molecule has 5 rings (SSSR count). The maximum absolute atomic E-state index is 13.1. The number of hydrogen-bond acceptors (Lipinski definition) is 5. The highest BCUT2D eigenvalue weighted by atomic mass is 17.1. The molecule has 1 aromatic rings. The minimum atomic E-state index is -0.619. The molecule has 4 fully saturated rings. The predicted molar refractivity (Wildman–Crippen MR) is 158 cm³/mol. The van der Waals surface area contributed by atoms with E-state index in [2.05, 4.69) is 39.5 Å². The van der Waals surface area contributed by atoms with Crippen LogP contribution in [-0.2, 0) is 9.62 Å². The zero-order chi connectivity index (χ0) is 28.8. The Labute approximate surface area is 243 Å². The van der Waals surface area contributed by atoms with Crippen LogP contribution in [0.15, 0.2) is 10.5 Å². The van der Waals surface area contributed by atoms with Crippen LogP contribution in [-0.4, -0.2) is 17.3 Å². The first-order chi connectivity index (χ1) is 19.0. The Morgan fingerprint density at radius 1 is 1.00 bits per heavy atom. The van der Waals surface area contributed by atoms with E-state index < -0.39 is 6.10 Å². The second-order valence-corrected chi connectivity index (χ2v) is 15.4. The number of esters is 1. The first kappa shape index (κ1) is 30.1. The Kier molecular flexibility index (Phi) is 8.85. The van der Waals surface area contributed by atoms with E-state index in [1.54, 1.807) is 19.9 Å². The summed E-state index contributed by atoms with van der Waals surface area (Å²) in [6.45, 7) is 16.0. The molecule has 0 aliphatic heterocycles. The maximum atomic E-state index is 13.1. The predicted octanol–water partition coefficient (Wildman–Crippen LogP) is 9.79. The Hall–Kier alpha value is -1.33. The van der Waals surface area contributed by atoms with Gasteiger partial charge in [0.2, 0.25) is 0 Å². The Balaban J connectivity index is 1.21. The molecule has 1 unspecified atom stereocenters. The van der Waals surface area contributed by atoms with Crippen LogP contribution in [0, 0.1) is 59.2 Å². The summed E-state index contributed by atoms with van der Waals surface area (Å²) in [5.74, 6) is 6.48. The third kappa shape index (κ3) is 5.43. The summed E-state index contributed by atoms with van der Waals surface area (Å²) in [7, 11) is 0. The molecule has 0 aromatic carbocycles. The third-order valence-electron chi connectivity index (χ3n) is 12.8. The standard InChI is InChI=1S/C35H56O5/c1-21(2)9-8-10-22(3)29-13-14-30-27-12-11-25-19-26(15-17-34(25,6)31(27)16-18-35(29,30)7)39-33(36)28-20-32(24(5)40-37)38-23(28)4/h20-22,24-27,29-31,37H,8-19H2,1-7H3/t22-,24?,25+,26+,27+,29-,30+,31+,34+,35-/m1/s1. The number of fused-ring (bicyclic) bond motifs is 5. The molecule has 4 saturated carbocycles. The molecule has 0 bridgehead atoms. The van der Waals surface area contributed by atoms with E-state index in [0.717, 1.165) is 48.3 Å². The van der Waals surface area contributed by atoms with E-state index in [9.17, 15) is 4.79 Å². The summed E-state index contributed by atoms with van der Waals surface area (Å²) in [5.41, 5.74) is 1.35. The van der Waals surface area contributed by atoms with E-state index in [0.29, 0.717) is 33.8 Å². The van der Waals surface area contributed by atoms with E-state index in [1.807, 2.05) is 0 Å². The second kappa shape index (κ2) is 11.7. The zero-order valence-electron chi connectivity index (χ0n) is 26.3. The molecule has 0 spiro atoms. The van der Waals surface area contributed by atoms with Crippen molar-refractivity contribution in [2.75, 3.05) is 0 Å². The Morgan fingerprint density at radius 3 is 2.45 bits per heavy atom. The van der Waals surface area contributed by atoms with Crippen molar-refractivity contribution in [3.05, 3.63) is 23.2 Å². The average molecular weight is 557 g/mol. The van der Waals surface area contributed by atoms with Crippen molar-refractivity contribution >= 4 is 5.97 Å².